The van der Waals surface area contributed by atoms with Crippen molar-refractivity contribution in [3.63, 3.8) is 0 Å². The molecule has 0 aromatic heterocycles. The van der Waals surface area contributed by atoms with E-state index in [9.17, 15) is 8.78 Å². The molecule has 0 N–H and O–H groups in total. The van der Waals surface area contributed by atoms with Crippen molar-refractivity contribution in [2.45, 2.75) is 18.2 Å². The Hall–Kier alpha value is -0.590. The van der Waals surface area contributed by atoms with Crippen LogP contribution >= 0.6 is 27.5 Å². The standard InChI is InChI=1S/C13H16BrClF2O3/c1-18-11-6-9(14)12(19-2)5-8(11)10(15)3-4-20-7-13(16)17/h5-6,10,13H,3-4,7H2,1-2H3. The lowest BCUT2D eigenvalue weighted by molar-refractivity contribution is 0.0165. The van der Waals surface area contributed by atoms with Crippen LogP contribution in [0.4, 0.5) is 8.78 Å². The van der Waals surface area contributed by atoms with Crippen LogP contribution in [-0.2, 0) is 4.74 Å². The molecule has 0 amide bonds. The lowest BCUT2D eigenvalue weighted by Gasteiger charge is -2.16. The fourth-order valence-corrected chi connectivity index (χ4v) is 2.39. The van der Waals surface area contributed by atoms with E-state index in [4.69, 9.17) is 25.8 Å². The molecule has 0 aliphatic rings. The van der Waals surface area contributed by atoms with Gasteiger partial charge in [0.15, 0.2) is 0 Å². The number of halogens is 4. The predicted molar refractivity (Wildman–Crippen MR) is 77.3 cm³/mol. The molecule has 3 nitrogen and oxygen atoms in total. The van der Waals surface area contributed by atoms with Crippen LogP contribution in [-0.4, -0.2) is 33.9 Å². The van der Waals surface area contributed by atoms with E-state index in [-0.39, 0.29) is 6.61 Å². The Balaban J connectivity index is 2.73. The fourth-order valence-electron chi connectivity index (χ4n) is 1.64. The van der Waals surface area contributed by atoms with Crippen LogP contribution in [0.3, 0.4) is 0 Å². The molecule has 0 radical (unpaired) electrons. The van der Waals surface area contributed by atoms with E-state index in [0.29, 0.717) is 17.9 Å². The second kappa shape index (κ2) is 8.64. The van der Waals surface area contributed by atoms with E-state index in [0.717, 1.165) is 10.0 Å². The Kier molecular flexibility index (Phi) is 7.55. The summed E-state index contributed by atoms with van der Waals surface area (Å²) in [6.45, 7) is -0.426. The molecule has 1 aromatic rings. The van der Waals surface area contributed by atoms with Gasteiger partial charge in [-0.2, -0.15) is 0 Å². The van der Waals surface area contributed by atoms with Crippen molar-refractivity contribution in [3.8, 4) is 11.5 Å². The van der Waals surface area contributed by atoms with Gasteiger partial charge in [0.2, 0.25) is 0 Å². The molecular formula is C13H16BrClF2O3. The summed E-state index contributed by atoms with van der Waals surface area (Å²) < 4.78 is 39.9. The van der Waals surface area contributed by atoms with Gasteiger partial charge in [-0.1, -0.05) is 0 Å². The number of methoxy groups -OCH3 is 2. The monoisotopic (exact) mass is 372 g/mol. The molecule has 0 saturated carbocycles. The first kappa shape index (κ1) is 17.5. The van der Waals surface area contributed by atoms with Crippen LogP contribution in [0.1, 0.15) is 17.4 Å². The SMILES string of the molecule is COc1cc(C(Cl)CCOCC(F)F)c(OC)cc1Br. The average Bonchev–Trinajstić information content (AvgIpc) is 2.42. The minimum atomic E-state index is -2.47. The van der Waals surface area contributed by atoms with Crippen molar-refractivity contribution in [1.82, 2.24) is 0 Å². The highest BCUT2D eigenvalue weighted by Gasteiger charge is 2.17. The highest BCUT2D eigenvalue weighted by atomic mass is 79.9. The zero-order valence-corrected chi connectivity index (χ0v) is 13.5. The molecular weight excluding hydrogens is 357 g/mol. The van der Waals surface area contributed by atoms with Crippen LogP contribution < -0.4 is 9.47 Å². The number of ether oxygens (including phenoxy) is 3. The van der Waals surface area contributed by atoms with E-state index in [1.807, 2.05) is 0 Å². The van der Waals surface area contributed by atoms with Gasteiger partial charge in [-0.25, -0.2) is 8.78 Å². The molecule has 0 spiro atoms. The molecule has 114 valence electrons. The Morgan fingerprint density at radius 3 is 2.40 bits per heavy atom. The van der Waals surface area contributed by atoms with Gasteiger partial charge in [0.25, 0.3) is 6.43 Å². The number of rotatable bonds is 8. The molecule has 0 aliphatic carbocycles. The third-order valence-electron chi connectivity index (χ3n) is 2.60. The van der Waals surface area contributed by atoms with Gasteiger partial charge in [-0.15, -0.1) is 11.6 Å². The summed E-state index contributed by atoms with van der Waals surface area (Å²) in [5, 5.41) is -0.412. The van der Waals surface area contributed by atoms with E-state index >= 15 is 0 Å². The van der Waals surface area contributed by atoms with E-state index in [1.54, 1.807) is 19.2 Å². The lowest BCUT2D eigenvalue weighted by atomic mass is 10.1. The summed E-state index contributed by atoms with van der Waals surface area (Å²) in [6, 6.07) is 3.51. The second-order valence-electron chi connectivity index (χ2n) is 3.95. The molecule has 0 heterocycles. The fraction of sp³-hybridized carbons (Fsp3) is 0.538. The van der Waals surface area contributed by atoms with Crippen molar-refractivity contribution < 1.29 is 23.0 Å². The summed E-state index contributed by atoms with van der Waals surface area (Å²) in [7, 11) is 3.08. The zero-order valence-electron chi connectivity index (χ0n) is 11.2. The smallest absolute Gasteiger partial charge is 0.261 e. The Labute approximate surface area is 130 Å². The highest BCUT2D eigenvalue weighted by molar-refractivity contribution is 9.10. The first-order chi connectivity index (χ1) is 9.49. The predicted octanol–water partition coefficient (Wildman–Crippen LogP) is 4.42. The minimum absolute atomic E-state index is 0.153. The van der Waals surface area contributed by atoms with Crippen molar-refractivity contribution in [1.29, 1.82) is 0 Å². The van der Waals surface area contributed by atoms with Crippen LogP contribution in [0.5, 0.6) is 11.5 Å². The summed E-state index contributed by atoms with van der Waals surface area (Å²) in [6.07, 6.45) is -2.07. The largest absolute Gasteiger partial charge is 0.496 e. The van der Waals surface area contributed by atoms with Crippen LogP contribution in [0, 0.1) is 0 Å². The van der Waals surface area contributed by atoms with Crippen molar-refractivity contribution in [2.24, 2.45) is 0 Å². The lowest BCUT2D eigenvalue weighted by Crippen LogP contribution is -2.07. The van der Waals surface area contributed by atoms with Crippen LogP contribution in [0.2, 0.25) is 0 Å². The molecule has 0 aliphatic heterocycles. The quantitative estimate of drug-likeness (QED) is 0.499. The van der Waals surface area contributed by atoms with Gasteiger partial charge < -0.3 is 14.2 Å². The summed E-state index contributed by atoms with van der Waals surface area (Å²) in [5.74, 6) is 1.23. The Morgan fingerprint density at radius 2 is 1.85 bits per heavy atom. The normalized spacial score (nSPS) is 12.6. The average molecular weight is 374 g/mol. The molecule has 1 atom stereocenters. The molecule has 0 bridgehead atoms. The van der Waals surface area contributed by atoms with Gasteiger partial charge in [0.1, 0.15) is 18.1 Å². The Bertz CT molecular complexity index is 432. The molecule has 0 fully saturated rings. The molecule has 7 heteroatoms. The molecule has 1 unspecified atom stereocenters. The molecule has 20 heavy (non-hydrogen) atoms. The maximum Gasteiger partial charge on any atom is 0.261 e. The number of benzene rings is 1. The van der Waals surface area contributed by atoms with Crippen molar-refractivity contribution in [2.75, 3.05) is 27.4 Å². The minimum Gasteiger partial charge on any atom is -0.496 e. The van der Waals surface area contributed by atoms with Crippen LogP contribution in [0.25, 0.3) is 0 Å². The molecule has 1 rings (SSSR count). The zero-order chi connectivity index (χ0) is 15.1. The van der Waals surface area contributed by atoms with E-state index in [1.165, 1.54) is 7.11 Å². The third kappa shape index (κ3) is 5.07. The number of alkyl halides is 3. The number of hydrogen-bond donors (Lipinski definition) is 0. The third-order valence-corrected chi connectivity index (χ3v) is 3.67. The first-order valence-corrected chi connectivity index (χ1v) is 7.14. The van der Waals surface area contributed by atoms with Crippen molar-refractivity contribution in [3.05, 3.63) is 22.2 Å². The Morgan fingerprint density at radius 1 is 1.20 bits per heavy atom. The van der Waals surface area contributed by atoms with Crippen LogP contribution in [0.15, 0.2) is 16.6 Å². The van der Waals surface area contributed by atoms with Gasteiger partial charge in [0, 0.05) is 12.2 Å². The maximum atomic E-state index is 11.9. The topological polar surface area (TPSA) is 27.7 Å². The summed E-state index contributed by atoms with van der Waals surface area (Å²) >= 11 is 9.62. The summed E-state index contributed by atoms with van der Waals surface area (Å²) in [4.78, 5) is 0. The number of hydrogen-bond acceptors (Lipinski definition) is 3. The summed E-state index contributed by atoms with van der Waals surface area (Å²) in [5.41, 5.74) is 0.731. The molecule has 0 saturated heterocycles. The highest BCUT2D eigenvalue weighted by Crippen LogP contribution is 2.39. The first-order valence-electron chi connectivity index (χ1n) is 5.91. The van der Waals surface area contributed by atoms with Crippen molar-refractivity contribution >= 4 is 27.5 Å². The molecule has 1 aromatic carbocycles. The van der Waals surface area contributed by atoms with Gasteiger partial charge in [-0.05, 0) is 34.5 Å². The van der Waals surface area contributed by atoms with E-state index in [2.05, 4.69) is 15.9 Å². The van der Waals surface area contributed by atoms with E-state index < -0.39 is 18.4 Å². The second-order valence-corrected chi connectivity index (χ2v) is 5.33. The van der Waals surface area contributed by atoms with Gasteiger partial charge >= 0.3 is 0 Å². The maximum absolute atomic E-state index is 11.9. The van der Waals surface area contributed by atoms with Gasteiger partial charge in [-0.3, -0.25) is 0 Å². The van der Waals surface area contributed by atoms with Gasteiger partial charge in [0.05, 0.1) is 24.1 Å².